The van der Waals surface area contributed by atoms with Gasteiger partial charge in [0, 0.05) is 23.9 Å². The van der Waals surface area contributed by atoms with Gasteiger partial charge < -0.3 is 4.90 Å². The molecule has 102 valence electrons. The molecule has 3 heteroatoms. The van der Waals surface area contributed by atoms with E-state index in [2.05, 4.69) is 4.90 Å². The van der Waals surface area contributed by atoms with Crippen molar-refractivity contribution in [2.24, 2.45) is 5.92 Å². The lowest BCUT2D eigenvalue weighted by Crippen LogP contribution is -2.46. The van der Waals surface area contributed by atoms with Gasteiger partial charge in [-0.2, -0.15) is 0 Å². The van der Waals surface area contributed by atoms with Crippen molar-refractivity contribution in [3.05, 3.63) is 0 Å². The molecule has 3 rings (SSSR count). The molecule has 3 aliphatic rings. The molecule has 0 radical (unpaired) electrons. The average Bonchev–Trinajstić information content (AvgIpc) is 2.94. The number of alkyl halides is 1. The van der Waals surface area contributed by atoms with Gasteiger partial charge in [0.25, 0.3) is 0 Å². The van der Waals surface area contributed by atoms with Gasteiger partial charge in [-0.05, 0) is 38.0 Å². The Balaban J connectivity index is 1.53. The molecule has 2 atom stereocenters. The maximum Gasteiger partial charge on any atom is 0.223 e. The van der Waals surface area contributed by atoms with E-state index in [0.717, 1.165) is 31.6 Å². The molecule has 2 saturated heterocycles. The minimum absolute atomic E-state index is 0.307. The van der Waals surface area contributed by atoms with E-state index in [1.807, 2.05) is 0 Å². The Labute approximate surface area is 115 Å². The fourth-order valence-corrected chi connectivity index (χ4v) is 4.68. The highest BCUT2D eigenvalue weighted by Crippen LogP contribution is 2.38. The Bertz CT molecular complexity index is 300. The Morgan fingerprint density at radius 1 is 1.06 bits per heavy atom. The number of hydrogen-bond acceptors (Lipinski definition) is 1. The molecule has 2 heterocycles. The number of nitrogens with zero attached hydrogens (tertiary/aromatic N) is 1. The molecule has 0 aromatic carbocycles. The van der Waals surface area contributed by atoms with Crippen LogP contribution in [0.1, 0.15) is 64.2 Å². The molecule has 3 fully saturated rings. The van der Waals surface area contributed by atoms with E-state index in [0.29, 0.717) is 23.4 Å². The zero-order valence-corrected chi connectivity index (χ0v) is 11.9. The third-order valence-corrected chi connectivity index (χ3v) is 5.56. The van der Waals surface area contributed by atoms with Crippen LogP contribution >= 0.6 is 11.6 Å². The molecule has 1 aliphatic carbocycles. The molecule has 0 N–H and O–H groups in total. The molecular formula is C15H24ClNO. The number of halogens is 1. The lowest BCUT2D eigenvalue weighted by Gasteiger charge is -2.37. The maximum absolute atomic E-state index is 12.4. The summed E-state index contributed by atoms with van der Waals surface area (Å²) in [6.07, 6.45) is 11.8. The summed E-state index contributed by atoms with van der Waals surface area (Å²) in [5, 5.41) is 0.307. The topological polar surface area (TPSA) is 20.3 Å². The lowest BCUT2D eigenvalue weighted by molar-refractivity contribution is -0.135. The van der Waals surface area contributed by atoms with Crippen molar-refractivity contribution in [2.45, 2.75) is 81.7 Å². The predicted octanol–water partition coefficient (Wildman–Crippen LogP) is 3.72. The van der Waals surface area contributed by atoms with Crippen molar-refractivity contribution in [1.29, 1.82) is 0 Å². The van der Waals surface area contributed by atoms with Crippen LogP contribution in [0, 0.1) is 5.92 Å². The van der Waals surface area contributed by atoms with Gasteiger partial charge in [0.05, 0.1) is 0 Å². The Kier molecular flexibility index (Phi) is 3.83. The highest BCUT2D eigenvalue weighted by molar-refractivity contribution is 6.20. The Hall–Kier alpha value is -0.240. The van der Waals surface area contributed by atoms with Gasteiger partial charge in [0.1, 0.15) is 0 Å². The van der Waals surface area contributed by atoms with Gasteiger partial charge in [0.2, 0.25) is 5.91 Å². The van der Waals surface area contributed by atoms with Gasteiger partial charge >= 0.3 is 0 Å². The molecule has 1 amide bonds. The monoisotopic (exact) mass is 269 g/mol. The Morgan fingerprint density at radius 2 is 1.67 bits per heavy atom. The number of carbonyl (C=O) groups is 1. The fourth-order valence-electron chi connectivity index (χ4n) is 4.27. The standard InChI is InChI=1S/C15H24ClNO/c16-12-9-13-6-7-14(10-12)17(13)15(18)8-5-11-3-1-2-4-11/h11-14H,1-10H2. The fraction of sp³-hybridized carbons (Fsp3) is 0.933. The number of amides is 1. The van der Waals surface area contributed by atoms with Crippen molar-refractivity contribution in [3.8, 4) is 0 Å². The zero-order chi connectivity index (χ0) is 12.5. The van der Waals surface area contributed by atoms with E-state index in [9.17, 15) is 4.79 Å². The maximum atomic E-state index is 12.4. The van der Waals surface area contributed by atoms with Gasteiger partial charge in [-0.25, -0.2) is 0 Å². The van der Waals surface area contributed by atoms with Crippen LogP contribution in [0.25, 0.3) is 0 Å². The van der Waals surface area contributed by atoms with Crippen LogP contribution < -0.4 is 0 Å². The van der Waals surface area contributed by atoms with E-state index < -0.39 is 0 Å². The van der Waals surface area contributed by atoms with Crippen LogP contribution in [0.2, 0.25) is 0 Å². The second-order valence-corrected chi connectivity index (χ2v) is 7.06. The molecule has 0 spiro atoms. The van der Waals surface area contributed by atoms with Gasteiger partial charge in [-0.3, -0.25) is 4.79 Å². The quantitative estimate of drug-likeness (QED) is 0.715. The first-order valence-electron chi connectivity index (χ1n) is 7.69. The lowest BCUT2D eigenvalue weighted by atomic mass is 9.98. The molecule has 0 aromatic rings. The predicted molar refractivity (Wildman–Crippen MR) is 73.7 cm³/mol. The summed E-state index contributed by atoms with van der Waals surface area (Å²) in [6.45, 7) is 0. The number of carbonyl (C=O) groups excluding carboxylic acids is 1. The summed E-state index contributed by atoms with van der Waals surface area (Å²) >= 11 is 6.26. The molecule has 2 aliphatic heterocycles. The number of fused-ring (bicyclic) bond motifs is 2. The van der Waals surface area contributed by atoms with Crippen LogP contribution in [-0.4, -0.2) is 28.3 Å². The largest absolute Gasteiger partial charge is 0.337 e. The van der Waals surface area contributed by atoms with Crippen molar-refractivity contribution >= 4 is 17.5 Å². The van der Waals surface area contributed by atoms with E-state index in [-0.39, 0.29) is 0 Å². The first kappa shape index (κ1) is 12.8. The van der Waals surface area contributed by atoms with Crippen LogP contribution in [-0.2, 0) is 4.79 Å². The smallest absolute Gasteiger partial charge is 0.223 e. The molecule has 18 heavy (non-hydrogen) atoms. The normalized spacial score (nSPS) is 36.3. The molecule has 2 bridgehead atoms. The van der Waals surface area contributed by atoms with Crippen LogP contribution in [0.3, 0.4) is 0 Å². The van der Waals surface area contributed by atoms with Gasteiger partial charge in [-0.15, -0.1) is 11.6 Å². The van der Waals surface area contributed by atoms with Crippen molar-refractivity contribution in [3.63, 3.8) is 0 Å². The van der Waals surface area contributed by atoms with Crippen molar-refractivity contribution in [1.82, 2.24) is 4.90 Å². The van der Waals surface area contributed by atoms with Gasteiger partial charge in [-0.1, -0.05) is 25.7 Å². The molecule has 1 saturated carbocycles. The third-order valence-electron chi connectivity index (χ3n) is 5.20. The first-order valence-corrected chi connectivity index (χ1v) is 8.13. The minimum atomic E-state index is 0.307. The van der Waals surface area contributed by atoms with Crippen molar-refractivity contribution in [2.75, 3.05) is 0 Å². The molecule has 2 nitrogen and oxygen atoms in total. The Morgan fingerprint density at radius 3 is 2.28 bits per heavy atom. The van der Waals surface area contributed by atoms with Crippen LogP contribution in [0.5, 0.6) is 0 Å². The zero-order valence-electron chi connectivity index (χ0n) is 11.1. The second-order valence-electron chi connectivity index (χ2n) is 6.44. The SMILES string of the molecule is O=C(CCC1CCCC1)N1C2CCC1CC(Cl)C2. The van der Waals surface area contributed by atoms with Crippen LogP contribution in [0.4, 0.5) is 0 Å². The minimum Gasteiger partial charge on any atom is -0.337 e. The molecule has 0 aromatic heterocycles. The summed E-state index contributed by atoms with van der Waals surface area (Å²) in [6, 6.07) is 0.921. The molecular weight excluding hydrogens is 246 g/mol. The summed E-state index contributed by atoms with van der Waals surface area (Å²) in [5.74, 6) is 1.25. The number of piperidine rings is 1. The summed E-state index contributed by atoms with van der Waals surface area (Å²) in [4.78, 5) is 14.6. The number of hydrogen-bond donors (Lipinski definition) is 0. The second kappa shape index (κ2) is 5.40. The van der Waals surface area contributed by atoms with Crippen molar-refractivity contribution < 1.29 is 4.79 Å². The summed E-state index contributed by atoms with van der Waals surface area (Å²) < 4.78 is 0. The highest BCUT2D eigenvalue weighted by Gasteiger charge is 2.42. The van der Waals surface area contributed by atoms with E-state index in [1.165, 1.54) is 38.5 Å². The summed E-state index contributed by atoms with van der Waals surface area (Å²) in [5.41, 5.74) is 0. The average molecular weight is 270 g/mol. The molecule has 2 unspecified atom stereocenters. The van der Waals surface area contributed by atoms with Crippen LogP contribution in [0.15, 0.2) is 0 Å². The third kappa shape index (κ3) is 2.54. The van der Waals surface area contributed by atoms with Gasteiger partial charge in [0.15, 0.2) is 0 Å². The summed E-state index contributed by atoms with van der Waals surface area (Å²) in [7, 11) is 0. The van der Waals surface area contributed by atoms with E-state index >= 15 is 0 Å². The van der Waals surface area contributed by atoms with E-state index in [1.54, 1.807) is 0 Å². The highest BCUT2D eigenvalue weighted by atomic mass is 35.5. The number of rotatable bonds is 3. The van der Waals surface area contributed by atoms with E-state index in [4.69, 9.17) is 11.6 Å². The first-order chi connectivity index (χ1) is 8.74.